The van der Waals surface area contributed by atoms with E-state index in [0.29, 0.717) is 18.4 Å². The van der Waals surface area contributed by atoms with Gasteiger partial charge < -0.3 is 15.5 Å². The van der Waals surface area contributed by atoms with Crippen molar-refractivity contribution in [2.75, 3.05) is 6.54 Å². The summed E-state index contributed by atoms with van der Waals surface area (Å²) in [5.74, 6) is -1.44. The molecule has 0 saturated heterocycles. The maximum atomic E-state index is 11.7. The minimum atomic E-state index is -0.882. The second kappa shape index (κ2) is 8.19. The molecule has 0 spiro atoms. The smallest absolute Gasteiger partial charge is 0.308 e. The normalized spacial score (nSPS) is 11.8. The van der Waals surface area contributed by atoms with Gasteiger partial charge in [0.1, 0.15) is 5.75 Å². The van der Waals surface area contributed by atoms with Gasteiger partial charge in [-0.25, -0.2) is 0 Å². The maximum Gasteiger partial charge on any atom is 0.308 e. The largest absolute Gasteiger partial charge is 0.508 e. The zero-order valence-electron chi connectivity index (χ0n) is 11.6. The van der Waals surface area contributed by atoms with Crippen molar-refractivity contribution in [1.82, 2.24) is 5.32 Å². The SMILES string of the molecule is CCCC(CNC(=O)CCc1ccccc1O)C(=O)O. The first-order valence-electron chi connectivity index (χ1n) is 6.81. The van der Waals surface area contributed by atoms with E-state index in [0.717, 1.165) is 6.42 Å². The van der Waals surface area contributed by atoms with Crippen molar-refractivity contribution in [3.8, 4) is 5.75 Å². The predicted octanol–water partition coefficient (Wildman–Crippen LogP) is 1.94. The topological polar surface area (TPSA) is 86.6 Å². The Labute approximate surface area is 118 Å². The number of carboxylic acids is 1. The van der Waals surface area contributed by atoms with E-state index in [2.05, 4.69) is 5.32 Å². The molecule has 5 nitrogen and oxygen atoms in total. The highest BCUT2D eigenvalue weighted by atomic mass is 16.4. The molecule has 0 heterocycles. The van der Waals surface area contributed by atoms with Gasteiger partial charge >= 0.3 is 5.97 Å². The highest BCUT2D eigenvalue weighted by Crippen LogP contribution is 2.17. The number of carboxylic acid groups (broad SMARTS) is 1. The Balaban J connectivity index is 2.37. The van der Waals surface area contributed by atoms with Crippen molar-refractivity contribution >= 4 is 11.9 Å². The summed E-state index contributed by atoms with van der Waals surface area (Å²) in [6.07, 6.45) is 1.99. The number of aromatic hydroxyl groups is 1. The summed E-state index contributed by atoms with van der Waals surface area (Å²) in [7, 11) is 0. The third kappa shape index (κ3) is 5.30. The molecule has 1 unspecified atom stereocenters. The fourth-order valence-corrected chi connectivity index (χ4v) is 1.96. The van der Waals surface area contributed by atoms with Crippen LogP contribution >= 0.6 is 0 Å². The Morgan fingerprint density at radius 3 is 2.60 bits per heavy atom. The van der Waals surface area contributed by atoms with Gasteiger partial charge in [0.05, 0.1) is 5.92 Å². The molecule has 0 aliphatic rings. The zero-order valence-corrected chi connectivity index (χ0v) is 11.6. The number of hydrogen-bond acceptors (Lipinski definition) is 3. The lowest BCUT2D eigenvalue weighted by molar-refractivity contribution is -0.141. The summed E-state index contributed by atoms with van der Waals surface area (Å²) < 4.78 is 0. The van der Waals surface area contributed by atoms with Crippen molar-refractivity contribution in [2.45, 2.75) is 32.6 Å². The number of phenolic OH excluding ortho intramolecular Hbond substituents is 1. The standard InChI is InChI=1S/C15H21NO4/c1-2-5-12(15(19)20)10-16-14(18)9-8-11-6-3-4-7-13(11)17/h3-4,6-7,12,17H,2,5,8-10H2,1H3,(H,16,18)(H,19,20). The molecule has 5 heteroatoms. The van der Waals surface area contributed by atoms with Crippen LogP contribution in [0.3, 0.4) is 0 Å². The van der Waals surface area contributed by atoms with Crippen molar-refractivity contribution in [1.29, 1.82) is 0 Å². The van der Waals surface area contributed by atoms with Gasteiger partial charge in [-0.3, -0.25) is 9.59 Å². The van der Waals surface area contributed by atoms with Gasteiger partial charge in [-0.2, -0.15) is 0 Å². The zero-order chi connectivity index (χ0) is 15.0. The molecule has 0 aliphatic heterocycles. The fraction of sp³-hybridized carbons (Fsp3) is 0.467. The average molecular weight is 279 g/mol. The number of aliphatic carboxylic acids is 1. The molecule has 1 aromatic rings. The third-order valence-corrected chi connectivity index (χ3v) is 3.15. The van der Waals surface area contributed by atoms with Crippen molar-refractivity contribution in [3.05, 3.63) is 29.8 Å². The summed E-state index contributed by atoms with van der Waals surface area (Å²) in [6, 6.07) is 6.87. The van der Waals surface area contributed by atoms with Crippen LogP contribution in [0.15, 0.2) is 24.3 Å². The van der Waals surface area contributed by atoms with Crippen LogP contribution in [0.2, 0.25) is 0 Å². The number of hydrogen-bond donors (Lipinski definition) is 3. The van der Waals surface area contributed by atoms with Crippen LogP contribution in [-0.4, -0.2) is 28.6 Å². The number of amides is 1. The van der Waals surface area contributed by atoms with E-state index in [1.54, 1.807) is 24.3 Å². The second-order valence-corrected chi connectivity index (χ2v) is 4.76. The Bertz CT molecular complexity index is 459. The molecular weight excluding hydrogens is 258 g/mol. The van der Waals surface area contributed by atoms with Crippen LogP contribution < -0.4 is 5.32 Å². The Kier molecular flexibility index (Phi) is 6.56. The Morgan fingerprint density at radius 2 is 2.00 bits per heavy atom. The number of aryl methyl sites for hydroxylation is 1. The van der Waals surface area contributed by atoms with Crippen molar-refractivity contribution in [3.63, 3.8) is 0 Å². The van der Waals surface area contributed by atoms with E-state index >= 15 is 0 Å². The quantitative estimate of drug-likeness (QED) is 0.678. The average Bonchev–Trinajstić information content (AvgIpc) is 2.42. The van der Waals surface area contributed by atoms with Gasteiger partial charge in [-0.1, -0.05) is 31.5 Å². The lowest BCUT2D eigenvalue weighted by atomic mass is 10.0. The van der Waals surface area contributed by atoms with E-state index in [4.69, 9.17) is 5.11 Å². The van der Waals surface area contributed by atoms with E-state index in [-0.39, 0.29) is 24.6 Å². The first-order valence-corrected chi connectivity index (χ1v) is 6.81. The van der Waals surface area contributed by atoms with Crippen molar-refractivity contribution in [2.24, 2.45) is 5.92 Å². The number of benzene rings is 1. The molecule has 1 amide bonds. The van der Waals surface area contributed by atoms with Crippen LogP contribution in [-0.2, 0) is 16.0 Å². The second-order valence-electron chi connectivity index (χ2n) is 4.76. The monoisotopic (exact) mass is 279 g/mol. The summed E-state index contributed by atoms with van der Waals surface area (Å²) >= 11 is 0. The van der Waals surface area contributed by atoms with Gasteiger partial charge in [0.25, 0.3) is 0 Å². The predicted molar refractivity (Wildman–Crippen MR) is 75.5 cm³/mol. The molecule has 1 aromatic carbocycles. The minimum absolute atomic E-state index is 0.156. The van der Waals surface area contributed by atoms with Crippen LogP contribution in [0.4, 0.5) is 0 Å². The van der Waals surface area contributed by atoms with Gasteiger partial charge in [0.2, 0.25) is 5.91 Å². The van der Waals surface area contributed by atoms with Crippen molar-refractivity contribution < 1.29 is 19.8 Å². The molecule has 3 N–H and O–H groups in total. The number of para-hydroxylation sites is 1. The molecule has 20 heavy (non-hydrogen) atoms. The molecule has 1 atom stereocenters. The number of nitrogens with one attached hydrogen (secondary N) is 1. The lowest BCUT2D eigenvalue weighted by Gasteiger charge is -2.12. The van der Waals surface area contributed by atoms with Crippen LogP contribution in [0, 0.1) is 5.92 Å². The number of carbonyl (C=O) groups excluding carboxylic acids is 1. The first-order chi connectivity index (χ1) is 9.54. The fourth-order valence-electron chi connectivity index (χ4n) is 1.96. The number of carbonyl (C=O) groups is 2. The van der Waals surface area contributed by atoms with Crippen LogP contribution in [0.25, 0.3) is 0 Å². The summed E-state index contributed by atoms with van der Waals surface area (Å²) in [4.78, 5) is 22.6. The Hall–Kier alpha value is -2.04. The molecule has 0 bridgehead atoms. The van der Waals surface area contributed by atoms with Gasteiger partial charge in [-0.15, -0.1) is 0 Å². The lowest BCUT2D eigenvalue weighted by Crippen LogP contribution is -2.33. The summed E-state index contributed by atoms with van der Waals surface area (Å²) in [5, 5.41) is 21.2. The maximum absolute atomic E-state index is 11.7. The van der Waals surface area contributed by atoms with Crippen LogP contribution in [0.1, 0.15) is 31.7 Å². The van der Waals surface area contributed by atoms with E-state index in [9.17, 15) is 14.7 Å². The Morgan fingerprint density at radius 1 is 1.30 bits per heavy atom. The molecule has 0 radical (unpaired) electrons. The highest BCUT2D eigenvalue weighted by molar-refractivity contribution is 5.77. The van der Waals surface area contributed by atoms with E-state index < -0.39 is 11.9 Å². The highest BCUT2D eigenvalue weighted by Gasteiger charge is 2.17. The number of phenols is 1. The van der Waals surface area contributed by atoms with Gasteiger partial charge in [-0.05, 0) is 24.5 Å². The molecule has 0 fully saturated rings. The third-order valence-electron chi connectivity index (χ3n) is 3.15. The van der Waals surface area contributed by atoms with E-state index in [1.807, 2.05) is 6.92 Å². The molecular formula is C15H21NO4. The van der Waals surface area contributed by atoms with Crippen LogP contribution in [0.5, 0.6) is 5.75 Å². The minimum Gasteiger partial charge on any atom is -0.508 e. The summed E-state index contributed by atoms with van der Waals surface area (Å²) in [5.41, 5.74) is 0.714. The molecule has 110 valence electrons. The summed E-state index contributed by atoms with van der Waals surface area (Å²) in [6.45, 7) is 2.07. The van der Waals surface area contributed by atoms with Gasteiger partial charge in [0, 0.05) is 13.0 Å². The molecule has 0 aliphatic carbocycles. The van der Waals surface area contributed by atoms with Gasteiger partial charge in [0.15, 0.2) is 0 Å². The molecule has 0 saturated carbocycles. The number of rotatable bonds is 8. The molecule has 0 aromatic heterocycles. The first kappa shape index (κ1) is 16.0. The van der Waals surface area contributed by atoms with E-state index in [1.165, 1.54) is 0 Å². The molecule has 1 rings (SSSR count).